The van der Waals surface area contributed by atoms with Crippen molar-refractivity contribution in [2.24, 2.45) is 11.3 Å². The van der Waals surface area contributed by atoms with Gasteiger partial charge in [-0.3, -0.25) is 4.21 Å². The minimum atomic E-state index is -0.771. The van der Waals surface area contributed by atoms with Crippen molar-refractivity contribution in [3.63, 3.8) is 0 Å². The summed E-state index contributed by atoms with van der Waals surface area (Å²) in [5, 5.41) is 3.88. The molecule has 1 heterocycles. The molecule has 3 nitrogen and oxygen atoms in total. The fourth-order valence-corrected chi connectivity index (χ4v) is 5.71. The van der Waals surface area contributed by atoms with Crippen LogP contribution in [0.4, 0.5) is 0 Å². The van der Waals surface area contributed by atoms with Crippen LogP contribution in [0.3, 0.4) is 0 Å². The van der Waals surface area contributed by atoms with Crippen LogP contribution < -0.4 is 5.32 Å². The third kappa shape index (κ3) is 4.77. The van der Waals surface area contributed by atoms with Crippen molar-refractivity contribution >= 4 is 10.8 Å². The van der Waals surface area contributed by atoms with Gasteiger partial charge in [0.25, 0.3) is 0 Å². The molecular formula is C17H33NO2S. The summed E-state index contributed by atoms with van der Waals surface area (Å²) in [7, 11) is -0.771. The van der Waals surface area contributed by atoms with E-state index in [9.17, 15) is 4.21 Å². The first-order chi connectivity index (χ1) is 9.91. The Labute approximate surface area is 133 Å². The second-order valence-electron chi connectivity index (χ2n) is 7.76. The summed E-state index contributed by atoms with van der Waals surface area (Å²) >= 11 is 0. The summed E-state index contributed by atoms with van der Waals surface area (Å²) in [6.07, 6.45) is 5.98. The number of hydrogen-bond acceptors (Lipinski definition) is 3. The summed E-state index contributed by atoms with van der Waals surface area (Å²) in [5.74, 6) is 1.43. The molecule has 0 aromatic heterocycles. The Hall–Kier alpha value is 0.0700. The van der Waals surface area contributed by atoms with E-state index in [-0.39, 0.29) is 6.10 Å². The molecule has 2 aliphatic rings. The summed E-state index contributed by atoms with van der Waals surface area (Å²) in [5.41, 5.74) is 0.323. The van der Waals surface area contributed by atoms with Gasteiger partial charge in [-0.1, -0.05) is 27.7 Å². The molecule has 5 unspecified atom stereocenters. The molecule has 1 saturated carbocycles. The smallest absolute Gasteiger partial charge is 0.0691 e. The monoisotopic (exact) mass is 315 g/mol. The van der Waals surface area contributed by atoms with Crippen LogP contribution in [0.15, 0.2) is 0 Å². The fraction of sp³-hybridized carbons (Fsp3) is 1.00. The molecule has 1 N–H and O–H groups in total. The topological polar surface area (TPSA) is 38.3 Å². The molecule has 0 radical (unpaired) electrons. The van der Waals surface area contributed by atoms with Crippen molar-refractivity contribution in [3.8, 4) is 0 Å². The lowest BCUT2D eigenvalue weighted by atomic mass is 9.71. The van der Waals surface area contributed by atoms with Gasteiger partial charge in [0.05, 0.1) is 17.1 Å². The molecule has 124 valence electrons. The molecule has 0 spiro atoms. The summed E-state index contributed by atoms with van der Waals surface area (Å²) in [4.78, 5) is 0. The Bertz CT molecular complexity index is 347. The molecule has 1 aliphatic heterocycles. The second kappa shape index (κ2) is 7.56. The molecule has 2 rings (SSSR count). The van der Waals surface area contributed by atoms with E-state index in [1.165, 1.54) is 6.42 Å². The lowest BCUT2D eigenvalue weighted by molar-refractivity contribution is 0.127. The first-order valence-electron chi connectivity index (χ1n) is 8.64. The van der Waals surface area contributed by atoms with E-state index in [2.05, 4.69) is 33.0 Å². The van der Waals surface area contributed by atoms with Crippen LogP contribution in [0.5, 0.6) is 0 Å². The molecule has 0 bridgehead atoms. The van der Waals surface area contributed by atoms with Gasteiger partial charge in [0.2, 0.25) is 0 Å². The highest BCUT2D eigenvalue weighted by atomic mass is 32.2. The van der Waals surface area contributed by atoms with Crippen molar-refractivity contribution in [1.29, 1.82) is 0 Å². The van der Waals surface area contributed by atoms with Crippen LogP contribution >= 0.6 is 0 Å². The Morgan fingerprint density at radius 2 is 2.00 bits per heavy atom. The third-order valence-electron chi connectivity index (χ3n) is 5.19. The lowest BCUT2D eigenvalue weighted by Crippen LogP contribution is -2.49. The first-order valence-corrected chi connectivity index (χ1v) is 10.0. The predicted molar refractivity (Wildman–Crippen MR) is 90.0 cm³/mol. The predicted octanol–water partition coefficient (Wildman–Crippen LogP) is 3.11. The number of rotatable bonds is 5. The van der Waals surface area contributed by atoms with Crippen molar-refractivity contribution in [2.75, 3.05) is 18.9 Å². The Kier molecular flexibility index (Phi) is 6.27. The van der Waals surface area contributed by atoms with E-state index in [0.29, 0.717) is 22.6 Å². The maximum Gasteiger partial charge on any atom is 0.0691 e. The van der Waals surface area contributed by atoms with Crippen molar-refractivity contribution in [3.05, 3.63) is 0 Å². The van der Waals surface area contributed by atoms with Crippen LogP contribution in [0.25, 0.3) is 0 Å². The molecule has 21 heavy (non-hydrogen) atoms. The third-order valence-corrected chi connectivity index (χ3v) is 7.09. The van der Waals surface area contributed by atoms with Gasteiger partial charge in [-0.15, -0.1) is 0 Å². The van der Waals surface area contributed by atoms with E-state index in [4.69, 9.17) is 4.74 Å². The Balaban J connectivity index is 2.00. The van der Waals surface area contributed by atoms with Gasteiger partial charge >= 0.3 is 0 Å². The van der Waals surface area contributed by atoms with Gasteiger partial charge in [0.1, 0.15) is 0 Å². The van der Waals surface area contributed by atoms with Gasteiger partial charge in [0, 0.05) is 23.4 Å². The molecule has 0 amide bonds. The molecule has 0 aromatic carbocycles. The number of ether oxygens (including phenoxy) is 1. The molecule has 5 atom stereocenters. The average Bonchev–Trinajstić information content (AvgIpc) is 2.91. The normalized spacial score (nSPS) is 35.8. The molecule has 0 aromatic rings. The molecule has 2 fully saturated rings. The van der Waals surface area contributed by atoms with Crippen LogP contribution in [0.1, 0.15) is 59.8 Å². The standard InChI is InChI=1S/C17H33NO2S/c1-5-18-15-9-8-13(17(2,3)4)11-16(15)21(19)12-14-7-6-10-20-14/h13-16,18H,5-12H2,1-4H3. The first kappa shape index (κ1) is 17.4. The zero-order chi connectivity index (χ0) is 15.5. The highest BCUT2D eigenvalue weighted by Crippen LogP contribution is 2.39. The molecule has 4 heteroatoms. The van der Waals surface area contributed by atoms with E-state index >= 15 is 0 Å². The largest absolute Gasteiger partial charge is 0.377 e. The highest BCUT2D eigenvalue weighted by molar-refractivity contribution is 7.85. The lowest BCUT2D eigenvalue weighted by Gasteiger charge is -2.41. The summed E-state index contributed by atoms with van der Waals surface area (Å²) in [6, 6.07) is 0.427. The number of hydrogen-bond donors (Lipinski definition) is 1. The highest BCUT2D eigenvalue weighted by Gasteiger charge is 2.39. The van der Waals surface area contributed by atoms with Crippen LogP contribution in [0.2, 0.25) is 0 Å². The van der Waals surface area contributed by atoms with Gasteiger partial charge < -0.3 is 10.1 Å². The van der Waals surface area contributed by atoms with E-state index in [1.807, 2.05) is 0 Å². The minimum Gasteiger partial charge on any atom is -0.377 e. The number of nitrogens with one attached hydrogen (secondary N) is 1. The quantitative estimate of drug-likeness (QED) is 0.847. The van der Waals surface area contributed by atoms with E-state index < -0.39 is 10.8 Å². The molecule has 1 saturated heterocycles. The zero-order valence-electron chi connectivity index (χ0n) is 14.2. The molecule has 1 aliphatic carbocycles. The fourth-order valence-electron chi connectivity index (χ4n) is 3.78. The van der Waals surface area contributed by atoms with Crippen molar-refractivity contribution < 1.29 is 8.95 Å². The summed E-state index contributed by atoms with van der Waals surface area (Å²) in [6.45, 7) is 10.9. The van der Waals surface area contributed by atoms with Crippen LogP contribution in [-0.2, 0) is 15.5 Å². The maximum absolute atomic E-state index is 12.9. The van der Waals surface area contributed by atoms with Gasteiger partial charge in [-0.05, 0) is 50.0 Å². The summed E-state index contributed by atoms with van der Waals surface area (Å²) < 4.78 is 18.6. The van der Waals surface area contributed by atoms with E-state index in [1.54, 1.807) is 0 Å². The minimum absolute atomic E-state index is 0.239. The SMILES string of the molecule is CCNC1CCC(C(C)(C)C)CC1S(=O)CC1CCCO1. The molecular weight excluding hydrogens is 282 g/mol. The van der Waals surface area contributed by atoms with Crippen LogP contribution in [-0.4, -0.2) is 40.5 Å². The Morgan fingerprint density at radius 3 is 2.57 bits per heavy atom. The van der Waals surface area contributed by atoms with Gasteiger partial charge in [-0.2, -0.15) is 0 Å². The second-order valence-corrected chi connectivity index (χ2v) is 9.46. The van der Waals surface area contributed by atoms with Crippen molar-refractivity contribution in [1.82, 2.24) is 5.32 Å². The van der Waals surface area contributed by atoms with E-state index in [0.717, 1.165) is 44.6 Å². The zero-order valence-corrected chi connectivity index (χ0v) is 15.0. The van der Waals surface area contributed by atoms with Crippen LogP contribution in [0, 0.1) is 11.3 Å². The van der Waals surface area contributed by atoms with Crippen molar-refractivity contribution in [2.45, 2.75) is 77.2 Å². The average molecular weight is 316 g/mol. The maximum atomic E-state index is 12.9. The van der Waals surface area contributed by atoms with Gasteiger partial charge in [0.15, 0.2) is 0 Å². The van der Waals surface area contributed by atoms with Gasteiger partial charge in [-0.25, -0.2) is 0 Å². The Morgan fingerprint density at radius 1 is 1.24 bits per heavy atom.